The van der Waals surface area contributed by atoms with Crippen LogP contribution in [0.25, 0.3) is 10.9 Å². The van der Waals surface area contributed by atoms with E-state index in [1.165, 1.54) is 10.9 Å². The summed E-state index contributed by atoms with van der Waals surface area (Å²) in [5.74, 6) is -1.59. The van der Waals surface area contributed by atoms with Gasteiger partial charge in [-0.05, 0) is 48.9 Å². The van der Waals surface area contributed by atoms with Crippen LogP contribution >= 0.6 is 0 Å². The molecular weight excluding hydrogens is 510 g/mol. The second-order valence-corrected chi connectivity index (χ2v) is 9.30. The SMILES string of the molecule is Cc1cc(C(=O)Nc2cccc(C(=O)c3ccc4c(C=Nc5ccc(CC(=O)O)cc5)c(O)[nH]c4c3)c2)n(C)n1. The molecule has 10 nitrogen and oxygen atoms in total. The Morgan fingerprint density at radius 3 is 2.48 bits per heavy atom. The zero-order chi connectivity index (χ0) is 28.4. The summed E-state index contributed by atoms with van der Waals surface area (Å²) < 4.78 is 1.50. The molecule has 2 aromatic heterocycles. The number of anilines is 1. The van der Waals surface area contributed by atoms with Gasteiger partial charge in [0, 0.05) is 41.0 Å². The molecule has 0 radical (unpaired) electrons. The molecule has 200 valence electrons. The molecule has 0 saturated heterocycles. The maximum atomic E-state index is 13.3. The van der Waals surface area contributed by atoms with E-state index in [9.17, 15) is 19.5 Å². The Bertz CT molecular complexity index is 1800. The van der Waals surface area contributed by atoms with Gasteiger partial charge in [-0.15, -0.1) is 0 Å². The summed E-state index contributed by atoms with van der Waals surface area (Å²) in [5.41, 5.74) is 4.66. The number of nitrogens with one attached hydrogen (secondary N) is 2. The molecule has 0 fully saturated rings. The molecule has 0 aliphatic rings. The van der Waals surface area contributed by atoms with Crippen molar-refractivity contribution in [3.63, 3.8) is 0 Å². The summed E-state index contributed by atoms with van der Waals surface area (Å²) in [4.78, 5) is 44.1. The van der Waals surface area contributed by atoms with Crippen LogP contribution in [-0.4, -0.2) is 48.9 Å². The van der Waals surface area contributed by atoms with Crippen molar-refractivity contribution in [1.29, 1.82) is 0 Å². The Labute approximate surface area is 228 Å². The van der Waals surface area contributed by atoms with Gasteiger partial charge >= 0.3 is 5.97 Å². The number of nitrogens with zero attached hydrogens (tertiary/aromatic N) is 3. The monoisotopic (exact) mass is 535 g/mol. The molecule has 4 N–H and O–H groups in total. The number of ketones is 1. The maximum Gasteiger partial charge on any atom is 0.307 e. The van der Waals surface area contributed by atoms with E-state index < -0.39 is 5.97 Å². The van der Waals surface area contributed by atoms with Crippen molar-refractivity contribution < 1.29 is 24.6 Å². The van der Waals surface area contributed by atoms with Gasteiger partial charge in [0.1, 0.15) is 5.69 Å². The molecular formula is C30H25N5O5. The first-order valence-electron chi connectivity index (χ1n) is 12.3. The van der Waals surface area contributed by atoms with Gasteiger partial charge in [-0.2, -0.15) is 5.10 Å². The largest absolute Gasteiger partial charge is 0.494 e. The van der Waals surface area contributed by atoms with E-state index in [0.29, 0.717) is 50.2 Å². The third-order valence-electron chi connectivity index (χ3n) is 6.33. The normalized spacial score (nSPS) is 11.2. The lowest BCUT2D eigenvalue weighted by Gasteiger charge is -2.08. The van der Waals surface area contributed by atoms with Crippen LogP contribution in [0.1, 0.15) is 43.2 Å². The van der Waals surface area contributed by atoms with E-state index in [4.69, 9.17) is 5.11 Å². The van der Waals surface area contributed by atoms with Gasteiger partial charge in [-0.1, -0.05) is 36.4 Å². The maximum absolute atomic E-state index is 13.3. The molecule has 0 unspecified atom stereocenters. The minimum atomic E-state index is -0.909. The smallest absolute Gasteiger partial charge is 0.307 e. The summed E-state index contributed by atoms with van der Waals surface area (Å²) in [6.45, 7) is 1.80. The number of aliphatic imine (C=N–C) groups is 1. The number of rotatable bonds is 8. The second kappa shape index (κ2) is 10.7. The van der Waals surface area contributed by atoms with Crippen molar-refractivity contribution in [3.8, 4) is 5.88 Å². The number of aromatic nitrogens is 3. The molecule has 0 saturated carbocycles. The fourth-order valence-electron chi connectivity index (χ4n) is 4.41. The lowest BCUT2D eigenvalue weighted by atomic mass is 10.0. The van der Waals surface area contributed by atoms with Crippen molar-refractivity contribution in [1.82, 2.24) is 14.8 Å². The third kappa shape index (κ3) is 5.51. The van der Waals surface area contributed by atoms with Crippen LogP contribution in [0.2, 0.25) is 0 Å². The number of aryl methyl sites for hydroxylation is 2. The highest BCUT2D eigenvalue weighted by Crippen LogP contribution is 2.28. The van der Waals surface area contributed by atoms with Gasteiger partial charge in [0.25, 0.3) is 5.91 Å². The van der Waals surface area contributed by atoms with Crippen LogP contribution in [0, 0.1) is 6.92 Å². The van der Waals surface area contributed by atoms with Gasteiger partial charge in [0.05, 0.1) is 23.4 Å². The molecule has 0 atom stereocenters. The van der Waals surface area contributed by atoms with Crippen molar-refractivity contribution in [2.24, 2.45) is 12.0 Å². The summed E-state index contributed by atoms with van der Waals surface area (Å²) in [6.07, 6.45) is 1.44. The topological polar surface area (TPSA) is 150 Å². The molecule has 3 aromatic carbocycles. The Morgan fingerprint density at radius 1 is 1.02 bits per heavy atom. The lowest BCUT2D eigenvalue weighted by molar-refractivity contribution is -0.136. The number of amides is 1. The predicted octanol–water partition coefficient (Wildman–Crippen LogP) is 4.78. The molecule has 0 spiro atoms. The van der Waals surface area contributed by atoms with Gasteiger partial charge in [-0.3, -0.25) is 24.1 Å². The van der Waals surface area contributed by atoms with Crippen molar-refractivity contribution in [3.05, 3.63) is 106 Å². The highest BCUT2D eigenvalue weighted by atomic mass is 16.4. The third-order valence-corrected chi connectivity index (χ3v) is 6.33. The first-order chi connectivity index (χ1) is 19.2. The minimum absolute atomic E-state index is 0.0712. The minimum Gasteiger partial charge on any atom is -0.494 e. The van der Waals surface area contributed by atoms with E-state index in [2.05, 4.69) is 20.4 Å². The highest BCUT2D eigenvalue weighted by molar-refractivity contribution is 6.13. The van der Waals surface area contributed by atoms with Crippen molar-refractivity contribution in [2.45, 2.75) is 13.3 Å². The fraction of sp³-hybridized carbons (Fsp3) is 0.100. The average Bonchev–Trinajstić information content (AvgIpc) is 3.43. The number of carboxylic acids is 1. The Hall–Kier alpha value is -5.51. The van der Waals surface area contributed by atoms with Crippen molar-refractivity contribution >= 4 is 46.2 Å². The standard InChI is InChI=1S/C30H25N5O5/c1-17-12-26(35(2)34-17)30(40)32-22-5-3-4-19(14-22)28(38)20-8-11-23-24(29(39)33-25(23)15-20)16-31-21-9-6-18(7-10-21)13-27(36)37/h3-12,14-16,33,39H,13H2,1-2H3,(H,32,40)(H,36,37). The quantitative estimate of drug-likeness (QED) is 0.166. The number of benzene rings is 3. The molecule has 0 aliphatic carbocycles. The number of carbonyl (C=O) groups is 3. The molecule has 5 aromatic rings. The number of H-pyrrole nitrogens is 1. The van der Waals surface area contributed by atoms with Gasteiger partial charge < -0.3 is 20.5 Å². The van der Waals surface area contributed by atoms with Gasteiger partial charge in [-0.25, -0.2) is 0 Å². The molecule has 2 heterocycles. The van der Waals surface area contributed by atoms with Crippen molar-refractivity contribution in [2.75, 3.05) is 5.32 Å². The zero-order valence-corrected chi connectivity index (χ0v) is 21.7. The molecule has 40 heavy (non-hydrogen) atoms. The first kappa shape index (κ1) is 26.1. The molecule has 0 bridgehead atoms. The number of carbonyl (C=O) groups excluding carboxylic acids is 2. The lowest BCUT2D eigenvalue weighted by Crippen LogP contribution is -2.16. The number of fused-ring (bicyclic) bond motifs is 1. The number of aromatic amines is 1. The number of hydrogen-bond donors (Lipinski definition) is 4. The summed E-state index contributed by atoms with van der Waals surface area (Å²) in [6, 6.07) is 20.2. The van der Waals surface area contributed by atoms with Gasteiger partial charge in [0.2, 0.25) is 0 Å². The molecule has 0 aliphatic heterocycles. The fourth-order valence-corrected chi connectivity index (χ4v) is 4.41. The highest BCUT2D eigenvalue weighted by Gasteiger charge is 2.16. The van der Waals surface area contributed by atoms with Crippen LogP contribution in [0.5, 0.6) is 5.88 Å². The Kier molecular flexibility index (Phi) is 6.98. The van der Waals surface area contributed by atoms with E-state index in [-0.39, 0.29) is 24.0 Å². The van der Waals surface area contributed by atoms with Crippen LogP contribution in [-0.2, 0) is 18.3 Å². The molecule has 5 rings (SSSR count). The van der Waals surface area contributed by atoms with Crippen LogP contribution in [0.4, 0.5) is 11.4 Å². The van der Waals surface area contributed by atoms with Crippen LogP contribution < -0.4 is 5.32 Å². The van der Waals surface area contributed by atoms with E-state index in [0.717, 1.165) is 5.69 Å². The van der Waals surface area contributed by atoms with E-state index in [1.807, 2.05) is 0 Å². The van der Waals surface area contributed by atoms with Crippen LogP contribution in [0.15, 0.2) is 77.8 Å². The van der Waals surface area contributed by atoms with Crippen LogP contribution in [0.3, 0.4) is 0 Å². The average molecular weight is 536 g/mol. The second-order valence-electron chi connectivity index (χ2n) is 9.30. The zero-order valence-electron chi connectivity index (χ0n) is 21.7. The first-order valence-corrected chi connectivity index (χ1v) is 12.3. The van der Waals surface area contributed by atoms with E-state index in [1.54, 1.807) is 86.8 Å². The predicted molar refractivity (Wildman–Crippen MR) is 151 cm³/mol. The Morgan fingerprint density at radius 2 is 1.77 bits per heavy atom. The number of aromatic hydroxyl groups is 1. The summed E-state index contributed by atoms with van der Waals surface area (Å²) in [7, 11) is 1.69. The van der Waals surface area contributed by atoms with E-state index >= 15 is 0 Å². The summed E-state index contributed by atoms with van der Waals surface area (Å²) >= 11 is 0. The number of carboxylic acid groups (broad SMARTS) is 1. The number of hydrogen-bond acceptors (Lipinski definition) is 6. The molecule has 10 heteroatoms. The summed E-state index contributed by atoms with van der Waals surface area (Å²) in [5, 5.41) is 27.1. The Balaban J connectivity index is 1.35. The van der Waals surface area contributed by atoms with Gasteiger partial charge in [0.15, 0.2) is 11.7 Å². The molecule has 1 amide bonds. The number of aliphatic carboxylic acids is 1.